The second-order valence-corrected chi connectivity index (χ2v) is 6.50. The van der Waals surface area contributed by atoms with Crippen LogP contribution in [-0.2, 0) is 13.0 Å². The van der Waals surface area contributed by atoms with Gasteiger partial charge in [0.15, 0.2) is 0 Å². The lowest BCUT2D eigenvalue weighted by Crippen LogP contribution is -2.42. The molecule has 108 valence electrons. The molecule has 2 rings (SSSR count). The number of rotatable bonds is 5. The highest BCUT2D eigenvalue weighted by Crippen LogP contribution is 2.22. The molecule has 2 aromatic heterocycles. The summed E-state index contributed by atoms with van der Waals surface area (Å²) >= 11 is 7.36. The molecule has 0 unspecified atom stereocenters. The van der Waals surface area contributed by atoms with Crippen LogP contribution in [0.1, 0.15) is 17.6 Å². The predicted molar refractivity (Wildman–Crippen MR) is 81.2 cm³/mol. The number of furan rings is 1. The molecule has 0 aliphatic heterocycles. The molecule has 2 aromatic rings. The molecule has 0 aliphatic rings. The summed E-state index contributed by atoms with van der Waals surface area (Å²) in [6.45, 7) is 2.51. The summed E-state index contributed by atoms with van der Waals surface area (Å²) in [4.78, 5) is 14.8. The number of halogens is 1. The molecule has 4 nitrogen and oxygen atoms in total. The van der Waals surface area contributed by atoms with E-state index in [0.29, 0.717) is 13.0 Å². The van der Waals surface area contributed by atoms with Crippen molar-refractivity contribution in [1.29, 1.82) is 0 Å². The summed E-state index contributed by atoms with van der Waals surface area (Å²) < 4.78 is 6.00. The quantitative estimate of drug-likeness (QED) is 0.913. The Morgan fingerprint density at radius 2 is 2.30 bits per heavy atom. The smallest absolute Gasteiger partial charge is 0.317 e. The highest BCUT2D eigenvalue weighted by atomic mass is 35.5. The van der Waals surface area contributed by atoms with E-state index in [1.165, 1.54) is 11.3 Å². The van der Waals surface area contributed by atoms with Gasteiger partial charge in [-0.3, -0.25) is 0 Å². The van der Waals surface area contributed by atoms with Crippen LogP contribution >= 0.6 is 22.9 Å². The Labute approximate surface area is 127 Å². The van der Waals surface area contributed by atoms with Crippen molar-refractivity contribution < 1.29 is 9.21 Å². The normalized spacial score (nSPS) is 12.2. The van der Waals surface area contributed by atoms with Gasteiger partial charge in [-0.25, -0.2) is 4.79 Å². The SMILES string of the molecule is C[C@H](Cc1ccco1)NC(=O)N(C)Cc1ccc(Cl)s1. The van der Waals surface area contributed by atoms with Gasteiger partial charge in [0, 0.05) is 24.4 Å². The van der Waals surface area contributed by atoms with Crippen molar-refractivity contribution in [2.45, 2.75) is 25.9 Å². The van der Waals surface area contributed by atoms with Gasteiger partial charge in [-0.1, -0.05) is 11.6 Å². The van der Waals surface area contributed by atoms with E-state index in [1.54, 1.807) is 18.2 Å². The van der Waals surface area contributed by atoms with Crippen molar-refractivity contribution in [2.24, 2.45) is 0 Å². The average molecular weight is 313 g/mol. The van der Waals surface area contributed by atoms with Crippen LogP contribution in [-0.4, -0.2) is 24.0 Å². The van der Waals surface area contributed by atoms with Crippen molar-refractivity contribution in [2.75, 3.05) is 7.05 Å². The van der Waals surface area contributed by atoms with Crippen molar-refractivity contribution >= 4 is 29.0 Å². The number of thiophene rings is 1. The summed E-state index contributed by atoms with van der Waals surface area (Å²) in [5.74, 6) is 0.866. The Hall–Kier alpha value is -1.46. The summed E-state index contributed by atoms with van der Waals surface area (Å²) in [5.41, 5.74) is 0. The van der Waals surface area contributed by atoms with Gasteiger partial charge >= 0.3 is 6.03 Å². The molecule has 2 amide bonds. The van der Waals surface area contributed by atoms with Crippen LogP contribution in [0.4, 0.5) is 4.79 Å². The second kappa shape index (κ2) is 6.81. The Morgan fingerprint density at radius 1 is 1.50 bits per heavy atom. The van der Waals surface area contributed by atoms with Crippen LogP contribution in [0.3, 0.4) is 0 Å². The molecule has 1 atom stereocenters. The molecule has 20 heavy (non-hydrogen) atoms. The lowest BCUT2D eigenvalue weighted by molar-refractivity contribution is 0.203. The lowest BCUT2D eigenvalue weighted by atomic mass is 10.2. The number of amides is 2. The molecule has 6 heteroatoms. The molecule has 2 heterocycles. The molecule has 0 saturated carbocycles. The number of urea groups is 1. The number of hydrogen-bond donors (Lipinski definition) is 1. The maximum atomic E-state index is 12.0. The Morgan fingerprint density at radius 3 is 2.90 bits per heavy atom. The number of nitrogens with zero attached hydrogens (tertiary/aromatic N) is 1. The zero-order chi connectivity index (χ0) is 14.5. The zero-order valence-corrected chi connectivity index (χ0v) is 13.0. The van der Waals surface area contributed by atoms with Crippen LogP contribution in [0.5, 0.6) is 0 Å². The predicted octanol–water partition coefficient (Wildman–Crippen LogP) is 3.77. The summed E-state index contributed by atoms with van der Waals surface area (Å²) in [6, 6.07) is 7.43. The highest BCUT2D eigenvalue weighted by Gasteiger charge is 2.14. The molecular weight excluding hydrogens is 296 g/mol. The van der Waals surface area contributed by atoms with Crippen LogP contribution in [0.2, 0.25) is 4.34 Å². The van der Waals surface area contributed by atoms with Crippen LogP contribution < -0.4 is 5.32 Å². The molecule has 0 aromatic carbocycles. The molecule has 0 spiro atoms. The van der Waals surface area contributed by atoms with Gasteiger partial charge in [0.25, 0.3) is 0 Å². The van der Waals surface area contributed by atoms with E-state index < -0.39 is 0 Å². The fourth-order valence-corrected chi connectivity index (χ4v) is 2.99. The first-order valence-corrected chi connectivity index (χ1v) is 7.52. The first-order valence-electron chi connectivity index (χ1n) is 6.33. The maximum absolute atomic E-state index is 12.0. The van der Waals surface area contributed by atoms with Gasteiger partial charge < -0.3 is 14.6 Å². The van der Waals surface area contributed by atoms with Gasteiger partial charge in [-0.15, -0.1) is 11.3 Å². The topological polar surface area (TPSA) is 45.5 Å². The minimum atomic E-state index is -0.103. The summed E-state index contributed by atoms with van der Waals surface area (Å²) in [5, 5.41) is 2.94. The Kier molecular flexibility index (Phi) is 5.09. The average Bonchev–Trinajstić information content (AvgIpc) is 3.01. The van der Waals surface area contributed by atoms with Gasteiger partial charge in [-0.2, -0.15) is 0 Å². The standard InChI is InChI=1S/C14H17ClN2O2S/c1-10(8-11-4-3-7-19-11)16-14(18)17(2)9-12-5-6-13(15)20-12/h3-7,10H,8-9H2,1-2H3,(H,16,18)/t10-/m1/s1. The van der Waals surface area contributed by atoms with Crippen molar-refractivity contribution in [3.63, 3.8) is 0 Å². The van der Waals surface area contributed by atoms with Gasteiger partial charge in [-0.05, 0) is 31.2 Å². The zero-order valence-electron chi connectivity index (χ0n) is 11.4. The van der Waals surface area contributed by atoms with Crippen molar-refractivity contribution in [1.82, 2.24) is 10.2 Å². The molecule has 0 bridgehead atoms. The fraction of sp³-hybridized carbons (Fsp3) is 0.357. The lowest BCUT2D eigenvalue weighted by Gasteiger charge is -2.20. The van der Waals surface area contributed by atoms with E-state index in [1.807, 2.05) is 31.2 Å². The highest BCUT2D eigenvalue weighted by molar-refractivity contribution is 7.16. The molecule has 0 saturated heterocycles. The third-order valence-corrected chi connectivity index (χ3v) is 4.04. The largest absolute Gasteiger partial charge is 0.469 e. The van der Waals surface area contributed by atoms with Crippen LogP contribution in [0, 0.1) is 0 Å². The molecular formula is C14H17ClN2O2S. The number of nitrogens with one attached hydrogen (secondary N) is 1. The Balaban J connectivity index is 1.81. The maximum Gasteiger partial charge on any atom is 0.317 e. The molecule has 0 radical (unpaired) electrons. The van der Waals surface area contributed by atoms with Crippen molar-refractivity contribution in [3.8, 4) is 0 Å². The Bertz CT molecular complexity index is 553. The van der Waals surface area contributed by atoms with Crippen LogP contribution in [0.15, 0.2) is 34.9 Å². The van der Waals surface area contributed by atoms with E-state index in [4.69, 9.17) is 16.0 Å². The van der Waals surface area contributed by atoms with E-state index >= 15 is 0 Å². The minimum Gasteiger partial charge on any atom is -0.469 e. The number of carbonyl (C=O) groups excluding carboxylic acids is 1. The monoisotopic (exact) mass is 312 g/mol. The minimum absolute atomic E-state index is 0.0167. The van der Waals surface area contributed by atoms with E-state index in [9.17, 15) is 4.79 Å². The van der Waals surface area contributed by atoms with E-state index in [2.05, 4.69) is 5.32 Å². The third kappa shape index (κ3) is 4.28. The first-order chi connectivity index (χ1) is 9.54. The summed E-state index contributed by atoms with van der Waals surface area (Å²) in [7, 11) is 1.77. The third-order valence-electron chi connectivity index (χ3n) is 2.83. The molecule has 0 fully saturated rings. The second-order valence-electron chi connectivity index (χ2n) is 4.70. The van der Waals surface area contributed by atoms with Crippen LogP contribution in [0.25, 0.3) is 0 Å². The summed E-state index contributed by atoms with van der Waals surface area (Å²) in [6.07, 6.45) is 2.31. The van der Waals surface area contributed by atoms with E-state index in [-0.39, 0.29) is 12.1 Å². The van der Waals surface area contributed by atoms with Gasteiger partial charge in [0.05, 0.1) is 17.1 Å². The molecule has 0 aliphatic carbocycles. The fourth-order valence-electron chi connectivity index (χ4n) is 1.84. The van der Waals surface area contributed by atoms with Gasteiger partial charge in [0.1, 0.15) is 5.76 Å². The van der Waals surface area contributed by atoms with Gasteiger partial charge in [0.2, 0.25) is 0 Å². The number of carbonyl (C=O) groups is 1. The molecule has 1 N–H and O–H groups in total. The first kappa shape index (κ1) is 14.9. The van der Waals surface area contributed by atoms with E-state index in [0.717, 1.165) is 15.0 Å². The van der Waals surface area contributed by atoms with Crippen molar-refractivity contribution in [3.05, 3.63) is 45.5 Å². The number of hydrogen-bond acceptors (Lipinski definition) is 3.